The van der Waals surface area contributed by atoms with E-state index in [1.165, 1.54) is 23.5 Å². The van der Waals surface area contributed by atoms with Crippen molar-refractivity contribution in [2.24, 2.45) is 0 Å². The number of rotatable bonds is 8. The monoisotopic (exact) mass is 387 g/mol. The fourth-order valence-electron chi connectivity index (χ4n) is 2.36. The van der Waals surface area contributed by atoms with Crippen molar-refractivity contribution >= 4 is 17.2 Å². The van der Waals surface area contributed by atoms with Crippen molar-refractivity contribution < 1.29 is 19.1 Å². The van der Waals surface area contributed by atoms with Crippen LogP contribution in [0.1, 0.15) is 15.2 Å². The van der Waals surface area contributed by atoms with Crippen LogP contribution in [0.3, 0.4) is 0 Å². The Bertz CT molecular complexity index is 899. The normalized spacial score (nSPS) is 10.6. The maximum atomic E-state index is 13.0. The maximum absolute atomic E-state index is 13.0. The minimum Gasteiger partial charge on any atom is -0.492 e. The third-order valence-electron chi connectivity index (χ3n) is 3.68. The van der Waals surface area contributed by atoms with Crippen LogP contribution in [0.2, 0.25) is 0 Å². The van der Waals surface area contributed by atoms with Gasteiger partial charge in [0.05, 0.1) is 15.4 Å². The van der Waals surface area contributed by atoms with E-state index in [4.69, 9.17) is 9.94 Å². The molecule has 3 N–H and O–H groups in total. The number of nitrogens with one attached hydrogen (secondary N) is 2. The summed E-state index contributed by atoms with van der Waals surface area (Å²) in [6, 6.07) is 13.3. The lowest BCUT2D eigenvalue weighted by Crippen LogP contribution is -2.20. The van der Waals surface area contributed by atoms with E-state index in [0.29, 0.717) is 30.3 Å². The molecular weight excluding hydrogens is 369 g/mol. The number of aromatic nitrogens is 1. The predicted molar refractivity (Wildman–Crippen MR) is 100 cm³/mol. The van der Waals surface area contributed by atoms with Gasteiger partial charge in [-0.1, -0.05) is 12.1 Å². The zero-order valence-corrected chi connectivity index (χ0v) is 15.1. The molecule has 1 aromatic carbocycles. The first-order valence-corrected chi connectivity index (χ1v) is 9.06. The van der Waals surface area contributed by atoms with Gasteiger partial charge < -0.3 is 10.1 Å². The lowest BCUT2D eigenvalue weighted by atomic mass is 10.2. The Hall–Kier alpha value is -2.81. The van der Waals surface area contributed by atoms with Crippen LogP contribution in [-0.2, 0) is 6.54 Å². The molecule has 2 heterocycles. The number of carbonyl (C=O) groups is 1. The number of carbonyl (C=O) groups excluding carboxylic acids is 1. The Balaban J connectivity index is 1.45. The second-order valence-electron chi connectivity index (χ2n) is 5.64. The summed E-state index contributed by atoms with van der Waals surface area (Å²) in [5.74, 6) is -0.345. The molecule has 140 valence electrons. The van der Waals surface area contributed by atoms with Crippen LogP contribution in [0.5, 0.6) is 5.75 Å². The van der Waals surface area contributed by atoms with Crippen molar-refractivity contribution in [1.29, 1.82) is 0 Å². The summed E-state index contributed by atoms with van der Waals surface area (Å²) in [4.78, 5) is 17.0. The highest BCUT2D eigenvalue weighted by molar-refractivity contribution is 7.17. The number of pyridine rings is 1. The third-order valence-corrected chi connectivity index (χ3v) is 4.79. The predicted octanol–water partition coefficient (Wildman–Crippen LogP) is 3.24. The van der Waals surface area contributed by atoms with Crippen molar-refractivity contribution in [2.45, 2.75) is 6.54 Å². The average molecular weight is 387 g/mol. The summed E-state index contributed by atoms with van der Waals surface area (Å²) in [5, 5.41) is 11.9. The molecule has 0 aliphatic rings. The van der Waals surface area contributed by atoms with Gasteiger partial charge in [-0.2, -0.15) is 0 Å². The number of nitrogens with zero attached hydrogens (tertiary/aromatic N) is 1. The highest BCUT2D eigenvalue weighted by Crippen LogP contribution is 2.26. The van der Waals surface area contributed by atoms with E-state index in [2.05, 4.69) is 10.3 Å². The summed E-state index contributed by atoms with van der Waals surface area (Å²) in [7, 11) is 0. The van der Waals surface area contributed by atoms with Crippen molar-refractivity contribution in [3.8, 4) is 16.3 Å². The second-order valence-corrected chi connectivity index (χ2v) is 6.72. The maximum Gasteiger partial charge on any atom is 0.284 e. The summed E-state index contributed by atoms with van der Waals surface area (Å²) < 4.78 is 18.5. The molecule has 3 rings (SSSR count). The molecule has 0 aliphatic heterocycles. The van der Waals surface area contributed by atoms with Crippen LogP contribution in [0.15, 0.2) is 54.7 Å². The molecule has 1 amide bonds. The van der Waals surface area contributed by atoms with Crippen molar-refractivity contribution in [3.63, 3.8) is 0 Å². The van der Waals surface area contributed by atoms with Gasteiger partial charge in [-0.25, -0.2) is 9.87 Å². The van der Waals surface area contributed by atoms with E-state index in [0.717, 1.165) is 16.1 Å². The van der Waals surface area contributed by atoms with E-state index in [-0.39, 0.29) is 5.82 Å². The van der Waals surface area contributed by atoms with Crippen LogP contribution >= 0.6 is 11.3 Å². The van der Waals surface area contributed by atoms with Crippen LogP contribution in [0, 0.1) is 5.82 Å². The van der Waals surface area contributed by atoms with E-state index in [9.17, 15) is 9.18 Å². The van der Waals surface area contributed by atoms with Gasteiger partial charge in [0.15, 0.2) is 0 Å². The molecule has 0 radical (unpaired) electrons. The van der Waals surface area contributed by atoms with Gasteiger partial charge in [0, 0.05) is 25.4 Å². The highest BCUT2D eigenvalue weighted by Gasteiger charge is 2.10. The van der Waals surface area contributed by atoms with Gasteiger partial charge in [0.25, 0.3) is 5.91 Å². The lowest BCUT2D eigenvalue weighted by molar-refractivity contribution is 0.0711. The summed E-state index contributed by atoms with van der Waals surface area (Å²) >= 11 is 1.25. The Morgan fingerprint density at radius 2 is 2.11 bits per heavy atom. The van der Waals surface area contributed by atoms with E-state index in [1.54, 1.807) is 35.9 Å². The quantitative estimate of drug-likeness (QED) is 0.314. The first-order chi connectivity index (χ1) is 13.2. The molecule has 0 atom stereocenters. The highest BCUT2D eigenvalue weighted by atomic mass is 32.1. The first-order valence-electron chi connectivity index (χ1n) is 8.24. The number of hydrogen-bond acceptors (Lipinski definition) is 6. The smallest absolute Gasteiger partial charge is 0.284 e. The van der Waals surface area contributed by atoms with Crippen LogP contribution < -0.4 is 15.5 Å². The number of benzene rings is 1. The first kappa shape index (κ1) is 19.0. The van der Waals surface area contributed by atoms with Crippen LogP contribution in [0.4, 0.5) is 4.39 Å². The number of hydrogen-bond donors (Lipinski definition) is 3. The molecule has 6 nitrogen and oxygen atoms in total. The summed E-state index contributed by atoms with van der Waals surface area (Å²) in [6.07, 6.45) is 1.77. The summed E-state index contributed by atoms with van der Waals surface area (Å²) in [6.45, 7) is 1.67. The molecule has 2 aromatic heterocycles. The topological polar surface area (TPSA) is 83.5 Å². The number of halogens is 1. The van der Waals surface area contributed by atoms with Gasteiger partial charge in [-0.15, -0.1) is 11.3 Å². The number of ether oxygens (including phenoxy) is 1. The van der Waals surface area contributed by atoms with Crippen molar-refractivity contribution in [2.75, 3.05) is 13.2 Å². The number of hydroxylamine groups is 1. The molecular formula is C19H18FN3O3S. The molecule has 0 spiro atoms. The number of thiophene rings is 1. The van der Waals surface area contributed by atoms with Gasteiger partial charge >= 0.3 is 0 Å². The molecule has 0 saturated heterocycles. The Morgan fingerprint density at radius 1 is 1.22 bits per heavy atom. The average Bonchev–Trinajstić information content (AvgIpc) is 3.18. The Morgan fingerprint density at radius 3 is 2.85 bits per heavy atom. The fraction of sp³-hybridized carbons (Fsp3) is 0.158. The zero-order chi connectivity index (χ0) is 19.1. The minimum absolute atomic E-state index is 0.318. The van der Waals surface area contributed by atoms with Crippen LogP contribution in [0.25, 0.3) is 10.6 Å². The van der Waals surface area contributed by atoms with E-state index < -0.39 is 5.91 Å². The molecule has 0 bridgehead atoms. The fourth-order valence-corrected chi connectivity index (χ4v) is 3.23. The summed E-state index contributed by atoms with van der Waals surface area (Å²) in [5.41, 5.74) is 3.38. The van der Waals surface area contributed by atoms with Crippen molar-refractivity contribution in [3.05, 3.63) is 71.0 Å². The Labute approximate surface area is 159 Å². The standard InChI is InChI=1S/C19H18FN3O3S/c20-14-2-1-3-15(10-14)26-9-8-21-11-13-4-5-16(22-12-13)17-6-7-18(27-17)19(24)23-25/h1-7,10,12,21,25H,8-9,11H2,(H,23,24). The molecule has 8 heteroatoms. The third kappa shape index (κ3) is 5.33. The minimum atomic E-state index is -0.535. The van der Waals surface area contributed by atoms with Gasteiger partial charge in [-0.3, -0.25) is 15.0 Å². The van der Waals surface area contributed by atoms with E-state index in [1.807, 2.05) is 12.1 Å². The molecule has 0 fully saturated rings. The Kier molecular flexibility index (Phi) is 6.48. The lowest BCUT2D eigenvalue weighted by Gasteiger charge is -2.08. The molecule has 0 saturated carbocycles. The number of amides is 1. The van der Waals surface area contributed by atoms with Gasteiger partial charge in [0.2, 0.25) is 0 Å². The van der Waals surface area contributed by atoms with Crippen molar-refractivity contribution in [1.82, 2.24) is 15.8 Å². The van der Waals surface area contributed by atoms with E-state index >= 15 is 0 Å². The molecule has 27 heavy (non-hydrogen) atoms. The van der Waals surface area contributed by atoms with Crippen LogP contribution in [-0.4, -0.2) is 29.3 Å². The zero-order valence-electron chi connectivity index (χ0n) is 14.3. The second kappa shape index (κ2) is 9.22. The molecule has 0 unspecified atom stereocenters. The van der Waals surface area contributed by atoms with Gasteiger partial charge in [-0.05, 0) is 35.9 Å². The van der Waals surface area contributed by atoms with Gasteiger partial charge in [0.1, 0.15) is 18.2 Å². The SMILES string of the molecule is O=C(NO)c1ccc(-c2ccc(CNCCOc3cccc(F)c3)cn2)s1. The largest absolute Gasteiger partial charge is 0.492 e. The molecule has 0 aliphatic carbocycles. The molecule has 3 aromatic rings.